The first-order chi connectivity index (χ1) is 14.1. The van der Waals surface area contributed by atoms with Crippen LogP contribution in [-0.4, -0.2) is 36.4 Å². The van der Waals surface area contributed by atoms with E-state index in [1.807, 2.05) is 55.5 Å². The van der Waals surface area contributed by atoms with Crippen LogP contribution in [-0.2, 0) is 11.3 Å². The molecule has 0 heterocycles. The second-order valence-corrected chi connectivity index (χ2v) is 7.45. The van der Waals surface area contributed by atoms with Gasteiger partial charge >= 0.3 is 0 Å². The van der Waals surface area contributed by atoms with E-state index >= 15 is 0 Å². The molecular weight excluding hydrogens is 368 g/mol. The second kappa shape index (κ2) is 10.3. The fraction of sp³-hybridized carbons (Fsp3) is 0.435. The van der Waals surface area contributed by atoms with Gasteiger partial charge in [-0.1, -0.05) is 37.1 Å². The van der Waals surface area contributed by atoms with Gasteiger partial charge < -0.3 is 25.2 Å². The van der Waals surface area contributed by atoms with Crippen molar-refractivity contribution in [2.24, 2.45) is 0 Å². The second-order valence-electron chi connectivity index (χ2n) is 7.45. The maximum absolute atomic E-state index is 12.1. The summed E-state index contributed by atoms with van der Waals surface area (Å²) in [5, 5.41) is 16.6. The third-order valence-corrected chi connectivity index (χ3v) is 5.04. The quantitative estimate of drug-likeness (QED) is 0.571. The Labute approximate surface area is 172 Å². The van der Waals surface area contributed by atoms with Crippen LogP contribution in [0.2, 0.25) is 0 Å². The molecule has 1 amide bonds. The van der Waals surface area contributed by atoms with Gasteiger partial charge in [0.25, 0.3) is 5.91 Å². The lowest BCUT2D eigenvalue weighted by Gasteiger charge is -2.22. The van der Waals surface area contributed by atoms with Crippen molar-refractivity contribution in [3.8, 4) is 11.5 Å². The predicted octanol–water partition coefficient (Wildman–Crippen LogP) is 3.50. The van der Waals surface area contributed by atoms with Crippen LogP contribution in [0.4, 0.5) is 5.69 Å². The fourth-order valence-corrected chi connectivity index (χ4v) is 3.56. The average Bonchev–Trinajstić information content (AvgIpc) is 3.15. The number of rotatable bonds is 10. The van der Waals surface area contributed by atoms with E-state index in [9.17, 15) is 9.90 Å². The Bertz CT molecular complexity index is 789. The summed E-state index contributed by atoms with van der Waals surface area (Å²) >= 11 is 0. The highest BCUT2D eigenvalue weighted by molar-refractivity contribution is 5.91. The normalized spacial score (nSPS) is 15.1. The maximum atomic E-state index is 12.1. The average molecular weight is 399 g/mol. The molecule has 3 rings (SSSR count). The number of carbonyl (C=O) groups is 1. The van der Waals surface area contributed by atoms with Gasteiger partial charge in [-0.2, -0.15) is 0 Å². The molecule has 2 aromatic rings. The number of hydrogen-bond donors (Lipinski definition) is 3. The number of hydrogen-bond acceptors (Lipinski definition) is 5. The van der Waals surface area contributed by atoms with Crippen LogP contribution < -0.4 is 20.1 Å². The lowest BCUT2D eigenvalue weighted by atomic mass is 10.0. The summed E-state index contributed by atoms with van der Waals surface area (Å²) in [5.41, 5.74) is 1.20. The summed E-state index contributed by atoms with van der Waals surface area (Å²) in [7, 11) is 0. The van der Waals surface area contributed by atoms with Gasteiger partial charge in [0.2, 0.25) is 0 Å². The first-order valence-corrected chi connectivity index (χ1v) is 10.2. The van der Waals surface area contributed by atoms with Crippen LogP contribution in [0.1, 0.15) is 38.2 Å². The molecule has 1 aliphatic carbocycles. The van der Waals surface area contributed by atoms with E-state index in [1.165, 1.54) is 0 Å². The monoisotopic (exact) mass is 398 g/mol. The molecule has 6 heteroatoms. The maximum Gasteiger partial charge on any atom is 0.262 e. The molecule has 6 nitrogen and oxygen atoms in total. The van der Waals surface area contributed by atoms with Gasteiger partial charge in [0, 0.05) is 18.8 Å². The van der Waals surface area contributed by atoms with Crippen molar-refractivity contribution in [2.75, 3.05) is 25.1 Å². The zero-order valence-electron chi connectivity index (χ0n) is 16.9. The number of aliphatic hydroxyl groups is 1. The number of nitrogens with one attached hydrogen (secondary N) is 2. The summed E-state index contributed by atoms with van der Waals surface area (Å²) in [5.74, 6) is 0.918. The highest BCUT2D eigenvalue weighted by Crippen LogP contribution is 2.30. The first-order valence-electron chi connectivity index (χ1n) is 10.2. The smallest absolute Gasteiger partial charge is 0.262 e. The third kappa shape index (κ3) is 6.48. The summed E-state index contributed by atoms with van der Waals surface area (Å²) in [6, 6.07) is 15.0. The number of amides is 1. The molecule has 0 aromatic heterocycles. The molecule has 1 fully saturated rings. The van der Waals surface area contributed by atoms with Gasteiger partial charge in [0.1, 0.15) is 0 Å². The van der Waals surface area contributed by atoms with Crippen LogP contribution in [0, 0.1) is 0 Å². The highest BCUT2D eigenvalue weighted by Gasteiger charge is 2.30. The third-order valence-electron chi connectivity index (χ3n) is 5.04. The SMILES string of the molecule is CCOc1cc(CNCC2(O)CCCC2)ccc1OCC(=O)Nc1ccccc1. The number of benzene rings is 2. The van der Waals surface area contributed by atoms with Gasteiger partial charge in [-0.3, -0.25) is 4.79 Å². The topological polar surface area (TPSA) is 79.8 Å². The number of anilines is 1. The molecule has 0 aliphatic heterocycles. The number of carbonyl (C=O) groups excluding carboxylic acids is 1. The summed E-state index contributed by atoms with van der Waals surface area (Å²) in [6.45, 7) is 3.54. The Morgan fingerprint density at radius 3 is 2.55 bits per heavy atom. The van der Waals surface area contributed by atoms with E-state index in [0.717, 1.165) is 36.9 Å². The van der Waals surface area contributed by atoms with Crippen LogP contribution in [0.5, 0.6) is 11.5 Å². The molecule has 0 radical (unpaired) electrons. The summed E-state index contributed by atoms with van der Waals surface area (Å²) in [4.78, 5) is 12.1. The van der Waals surface area contributed by atoms with Crippen molar-refractivity contribution < 1.29 is 19.4 Å². The Balaban J connectivity index is 1.53. The minimum Gasteiger partial charge on any atom is -0.490 e. The first kappa shape index (κ1) is 21.1. The van der Waals surface area contributed by atoms with Crippen molar-refractivity contribution in [1.82, 2.24) is 5.32 Å². The zero-order chi connectivity index (χ0) is 20.5. The molecule has 2 aromatic carbocycles. The van der Waals surface area contributed by atoms with Crippen molar-refractivity contribution in [3.63, 3.8) is 0 Å². The minimum atomic E-state index is -0.572. The zero-order valence-corrected chi connectivity index (χ0v) is 16.9. The molecule has 3 N–H and O–H groups in total. The standard InChI is InChI=1S/C23H30N2O4/c1-2-28-21-14-18(15-24-17-23(27)12-6-7-13-23)10-11-20(21)29-16-22(26)25-19-8-4-3-5-9-19/h3-5,8-11,14,24,27H,2,6-7,12-13,15-17H2,1H3,(H,25,26). The number of ether oxygens (including phenoxy) is 2. The van der Waals surface area contributed by atoms with Crippen molar-refractivity contribution >= 4 is 11.6 Å². The van der Waals surface area contributed by atoms with Gasteiger partial charge in [-0.25, -0.2) is 0 Å². The molecular formula is C23H30N2O4. The van der Waals surface area contributed by atoms with Crippen LogP contribution in [0.25, 0.3) is 0 Å². The van der Waals surface area contributed by atoms with E-state index in [-0.39, 0.29) is 12.5 Å². The fourth-order valence-electron chi connectivity index (χ4n) is 3.56. The molecule has 0 bridgehead atoms. The van der Waals surface area contributed by atoms with E-state index in [4.69, 9.17) is 9.47 Å². The van der Waals surface area contributed by atoms with Crippen LogP contribution >= 0.6 is 0 Å². The lowest BCUT2D eigenvalue weighted by Crippen LogP contribution is -2.37. The van der Waals surface area contributed by atoms with E-state index in [0.29, 0.717) is 31.2 Å². The van der Waals surface area contributed by atoms with Crippen LogP contribution in [0.3, 0.4) is 0 Å². The largest absolute Gasteiger partial charge is 0.490 e. The molecule has 0 spiro atoms. The van der Waals surface area contributed by atoms with E-state index in [1.54, 1.807) is 0 Å². The predicted molar refractivity (Wildman–Crippen MR) is 113 cm³/mol. The highest BCUT2D eigenvalue weighted by atomic mass is 16.5. The Morgan fingerprint density at radius 1 is 1.07 bits per heavy atom. The summed E-state index contributed by atoms with van der Waals surface area (Å²) in [6.07, 6.45) is 3.91. The van der Waals surface area contributed by atoms with Gasteiger partial charge in [0.15, 0.2) is 18.1 Å². The molecule has 0 saturated heterocycles. The molecule has 29 heavy (non-hydrogen) atoms. The lowest BCUT2D eigenvalue weighted by molar-refractivity contribution is -0.118. The van der Waals surface area contributed by atoms with Gasteiger partial charge in [-0.05, 0) is 49.6 Å². The Hall–Kier alpha value is -2.57. The molecule has 156 valence electrons. The van der Waals surface area contributed by atoms with Crippen molar-refractivity contribution in [1.29, 1.82) is 0 Å². The van der Waals surface area contributed by atoms with E-state index < -0.39 is 5.60 Å². The van der Waals surface area contributed by atoms with Gasteiger partial charge in [-0.15, -0.1) is 0 Å². The summed E-state index contributed by atoms with van der Waals surface area (Å²) < 4.78 is 11.4. The van der Waals surface area contributed by atoms with Crippen LogP contribution in [0.15, 0.2) is 48.5 Å². The molecule has 0 atom stereocenters. The molecule has 1 saturated carbocycles. The molecule has 0 unspecified atom stereocenters. The van der Waals surface area contributed by atoms with E-state index in [2.05, 4.69) is 10.6 Å². The van der Waals surface area contributed by atoms with Crippen molar-refractivity contribution in [3.05, 3.63) is 54.1 Å². The minimum absolute atomic E-state index is 0.0976. The Kier molecular flexibility index (Phi) is 7.49. The molecule has 1 aliphatic rings. The Morgan fingerprint density at radius 2 is 1.83 bits per heavy atom. The van der Waals surface area contributed by atoms with Gasteiger partial charge in [0.05, 0.1) is 12.2 Å². The van der Waals surface area contributed by atoms with Crippen molar-refractivity contribution in [2.45, 2.75) is 44.8 Å². The number of para-hydroxylation sites is 1.